The van der Waals surface area contributed by atoms with Gasteiger partial charge in [0.15, 0.2) is 12.2 Å². The molecule has 0 fully saturated rings. The molecule has 0 bridgehead atoms. The fourth-order valence-corrected chi connectivity index (χ4v) is 12.6. The van der Waals surface area contributed by atoms with E-state index in [2.05, 4.69) is 27.7 Å². The lowest BCUT2D eigenvalue weighted by Crippen LogP contribution is -2.30. The number of carbonyl (C=O) groups is 4. The molecule has 2 unspecified atom stereocenters. The van der Waals surface area contributed by atoms with Crippen LogP contribution in [0.4, 0.5) is 0 Å². The lowest BCUT2D eigenvalue weighted by atomic mass is 10.0. The molecular formula is C72H140O17P2. The van der Waals surface area contributed by atoms with E-state index in [0.717, 1.165) is 89.9 Å². The van der Waals surface area contributed by atoms with Gasteiger partial charge in [0.2, 0.25) is 0 Å². The first kappa shape index (κ1) is 89.1. The van der Waals surface area contributed by atoms with Gasteiger partial charge in [0.1, 0.15) is 19.3 Å². The van der Waals surface area contributed by atoms with E-state index in [1.165, 1.54) is 212 Å². The van der Waals surface area contributed by atoms with Crippen molar-refractivity contribution in [2.75, 3.05) is 39.6 Å². The Morgan fingerprint density at radius 3 is 0.648 bits per heavy atom. The summed E-state index contributed by atoms with van der Waals surface area (Å²) in [6.07, 6.45) is 55.7. The van der Waals surface area contributed by atoms with E-state index < -0.39 is 97.5 Å². The number of hydrogen-bond donors (Lipinski definition) is 3. The Labute approximate surface area is 556 Å². The highest BCUT2D eigenvalue weighted by Gasteiger charge is 2.30. The SMILES string of the molecule is CCCCCCCCCCCCCCCCCCCCCCCCC(=O)O[C@H](COC(=O)CCCCCCCCCCCC)COP(=O)(O)OC[C@@H](O)COP(=O)(O)OC[C@@H](COC(=O)CCCCCCCCCCC)OC(=O)CCCCCCCCCCCC. The zero-order valence-corrected chi connectivity index (χ0v) is 60.6. The maximum atomic E-state index is 13.0. The Morgan fingerprint density at radius 2 is 0.440 bits per heavy atom. The van der Waals surface area contributed by atoms with Crippen molar-refractivity contribution in [2.24, 2.45) is 0 Å². The second-order valence-corrected chi connectivity index (χ2v) is 28.9. The summed E-state index contributed by atoms with van der Waals surface area (Å²) in [7, 11) is -9.89. The smallest absolute Gasteiger partial charge is 0.462 e. The summed E-state index contributed by atoms with van der Waals surface area (Å²) in [4.78, 5) is 72.4. The minimum absolute atomic E-state index is 0.107. The summed E-state index contributed by atoms with van der Waals surface area (Å²) in [5.74, 6) is -2.12. The maximum absolute atomic E-state index is 13.0. The predicted octanol–water partition coefficient (Wildman–Crippen LogP) is 21.1. The molecule has 0 radical (unpaired) electrons. The van der Waals surface area contributed by atoms with Gasteiger partial charge in [-0.2, -0.15) is 0 Å². The average Bonchev–Trinajstić information content (AvgIpc) is 3.65. The molecular weight excluding hydrogens is 1200 g/mol. The van der Waals surface area contributed by atoms with Crippen molar-refractivity contribution in [1.29, 1.82) is 0 Å². The molecule has 0 aliphatic heterocycles. The molecule has 540 valence electrons. The Hall–Kier alpha value is -1.94. The number of phosphoric ester groups is 2. The molecule has 0 aromatic rings. The average molecular weight is 1340 g/mol. The third kappa shape index (κ3) is 66.5. The van der Waals surface area contributed by atoms with E-state index in [1.807, 2.05) is 0 Å². The molecule has 0 heterocycles. The summed E-state index contributed by atoms with van der Waals surface area (Å²) in [6, 6.07) is 0. The fraction of sp³-hybridized carbons (Fsp3) is 0.944. The number of esters is 4. The van der Waals surface area contributed by atoms with Crippen LogP contribution >= 0.6 is 15.6 Å². The minimum Gasteiger partial charge on any atom is -0.462 e. The molecule has 91 heavy (non-hydrogen) atoms. The van der Waals surface area contributed by atoms with Gasteiger partial charge in [-0.1, -0.05) is 329 Å². The van der Waals surface area contributed by atoms with Gasteiger partial charge in [0, 0.05) is 25.7 Å². The van der Waals surface area contributed by atoms with Gasteiger partial charge >= 0.3 is 39.5 Å². The highest BCUT2D eigenvalue weighted by Crippen LogP contribution is 2.45. The second-order valence-electron chi connectivity index (χ2n) is 26.0. The minimum atomic E-state index is -4.95. The summed E-state index contributed by atoms with van der Waals surface area (Å²) >= 11 is 0. The topological polar surface area (TPSA) is 237 Å². The van der Waals surface area contributed by atoms with Gasteiger partial charge in [0.05, 0.1) is 26.4 Å². The molecule has 0 saturated heterocycles. The standard InChI is InChI=1S/C72H140O17P2/c1-5-9-13-17-21-25-28-29-30-31-32-33-34-35-36-37-38-39-43-47-51-55-59-72(77)89-68(63-83-70(75)57-53-49-45-41-26-22-18-14-10-6-2)65-87-91(80,81)85-61-66(73)60-84-90(78,79)86-64-67(62-82-69(74)56-52-48-44-40-24-20-16-12-8-4)88-71(76)58-54-50-46-42-27-23-19-15-11-7-3/h66-68,73H,5-65H2,1-4H3,(H,78,79)(H,80,81)/t66-,67+,68+/m0/s1. The third-order valence-corrected chi connectivity index (χ3v) is 18.8. The number of aliphatic hydroxyl groups is 1. The van der Waals surface area contributed by atoms with Crippen molar-refractivity contribution in [1.82, 2.24) is 0 Å². The molecule has 0 saturated carbocycles. The quantitative estimate of drug-likeness (QED) is 0.0222. The van der Waals surface area contributed by atoms with Crippen LogP contribution in [0, 0.1) is 0 Å². The van der Waals surface area contributed by atoms with E-state index in [4.69, 9.17) is 37.0 Å². The van der Waals surface area contributed by atoms with Crippen molar-refractivity contribution in [2.45, 2.75) is 399 Å². The van der Waals surface area contributed by atoms with Crippen molar-refractivity contribution < 1.29 is 80.2 Å². The Morgan fingerprint density at radius 1 is 0.264 bits per heavy atom. The molecule has 0 aliphatic rings. The molecule has 0 rings (SSSR count). The lowest BCUT2D eigenvalue weighted by Gasteiger charge is -2.21. The fourth-order valence-electron chi connectivity index (χ4n) is 11.0. The Balaban J connectivity index is 5.11. The summed E-state index contributed by atoms with van der Waals surface area (Å²) < 4.78 is 68.2. The van der Waals surface area contributed by atoms with Crippen LogP contribution in [0.2, 0.25) is 0 Å². The van der Waals surface area contributed by atoms with Crippen LogP contribution in [0.3, 0.4) is 0 Å². The van der Waals surface area contributed by atoms with Gasteiger partial charge < -0.3 is 33.8 Å². The van der Waals surface area contributed by atoms with E-state index in [-0.39, 0.29) is 25.7 Å². The predicted molar refractivity (Wildman–Crippen MR) is 368 cm³/mol. The summed E-state index contributed by atoms with van der Waals surface area (Å²) in [5, 5.41) is 10.6. The van der Waals surface area contributed by atoms with Gasteiger partial charge in [-0.3, -0.25) is 37.3 Å². The first-order chi connectivity index (χ1) is 44.2. The van der Waals surface area contributed by atoms with Crippen LogP contribution in [0.1, 0.15) is 381 Å². The van der Waals surface area contributed by atoms with E-state index in [9.17, 15) is 43.2 Å². The number of ether oxygens (including phenoxy) is 4. The first-order valence-electron chi connectivity index (χ1n) is 37.8. The van der Waals surface area contributed by atoms with Gasteiger partial charge in [0.25, 0.3) is 0 Å². The molecule has 17 nitrogen and oxygen atoms in total. The molecule has 5 atom stereocenters. The molecule has 0 aromatic heterocycles. The molecule has 0 spiro atoms. The molecule has 3 N–H and O–H groups in total. The van der Waals surface area contributed by atoms with Crippen LogP contribution in [0.15, 0.2) is 0 Å². The van der Waals surface area contributed by atoms with Crippen LogP contribution in [-0.2, 0) is 65.4 Å². The van der Waals surface area contributed by atoms with Gasteiger partial charge in [-0.15, -0.1) is 0 Å². The molecule has 0 aromatic carbocycles. The van der Waals surface area contributed by atoms with E-state index >= 15 is 0 Å². The number of unbranched alkanes of at least 4 members (excludes halogenated alkanes) is 47. The van der Waals surface area contributed by atoms with Gasteiger partial charge in [-0.25, -0.2) is 9.13 Å². The largest absolute Gasteiger partial charge is 0.472 e. The zero-order chi connectivity index (χ0) is 66.8. The number of aliphatic hydroxyl groups excluding tert-OH is 1. The zero-order valence-electron chi connectivity index (χ0n) is 58.8. The van der Waals surface area contributed by atoms with Crippen LogP contribution in [0.25, 0.3) is 0 Å². The van der Waals surface area contributed by atoms with Gasteiger partial charge in [-0.05, 0) is 25.7 Å². The molecule has 19 heteroatoms. The van der Waals surface area contributed by atoms with Crippen molar-refractivity contribution in [3.05, 3.63) is 0 Å². The Kier molecular flexibility index (Phi) is 65.2. The maximum Gasteiger partial charge on any atom is 0.472 e. The van der Waals surface area contributed by atoms with Crippen LogP contribution in [-0.4, -0.2) is 96.7 Å². The number of phosphoric acid groups is 2. The van der Waals surface area contributed by atoms with E-state index in [0.29, 0.717) is 25.7 Å². The van der Waals surface area contributed by atoms with Crippen LogP contribution < -0.4 is 0 Å². The second kappa shape index (κ2) is 66.7. The molecule has 0 aliphatic carbocycles. The number of carbonyl (C=O) groups excluding carboxylic acids is 4. The van der Waals surface area contributed by atoms with Crippen molar-refractivity contribution in [3.8, 4) is 0 Å². The third-order valence-electron chi connectivity index (χ3n) is 16.9. The van der Waals surface area contributed by atoms with E-state index in [1.54, 1.807) is 0 Å². The Bertz CT molecular complexity index is 1740. The van der Waals surface area contributed by atoms with Crippen molar-refractivity contribution in [3.63, 3.8) is 0 Å². The van der Waals surface area contributed by atoms with Crippen molar-refractivity contribution >= 4 is 39.5 Å². The number of rotatable bonds is 73. The normalized spacial score (nSPS) is 14.0. The highest BCUT2D eigenvalue weighted by atomic mass is 31.2. The summed E-state index contributed by atoms with van der Waals surface area (Å²) in [6.45, 7) is 4.92. The summed E-state index contributed by atoms with van der Waals surface area (Å²) in [5.41, 5.74) is 0. The lowest BCUT2D eigenvalue weighted by molar-refractivity contribution is -0.161. The first-order valence-corrected chi connectivity index (χ1v) is 40.8. The monoisotopic (exact) mass is 1340 g/mol. The number of hydrogen-bond acceptors (Lipinski definition) is 15. The molecule has 0 amide bonds. The van der Waals surface area contributed by atoms with Crippen LogP contribution in [0.5, 0.6) is 0 Å². The highest BCUT2D eigenvalue weighted by molar-refractivity contribution is 7.47.